The first-order chi connectivity index (χ1) is 14.0. The summed E-state index contributed by atoms with van der Waals surface area (Å²) in [5.41, 5.74) is 2.74. The number of nitrogens with zero attached hydrogens (tertiary/aromatic N) is 1. The third-order valence-electron chi connectivity index (χ3n) is 5.24. The van der Waals surface area contributed by atoms with Crippen molar-refractivity contribution < 1.29 is 14.3 Å². The molecule has 2 amide bonds. The fraction of sp³-hybridized carbons (Fsp3) is 0.333. The smallest absolute Gasteiger partial charge is 0.247 e. The molecule has 2 aromatic rings. The van der Waals surface area contributed by atoms with Crippen LogP contribution in [0.1, 0.15) is 37.8 Å². The van der Waals surface area contributed by atoms with Gasteiger partial charge in [0.2, 0.25) is 11.8 Å². The van der Waals surface area contributed by atoms with Crippen molar-refractivity contribution in [3.63, 3.8) is 0 Å². The van der Waals surface area contributed by atoms with E-state index in [-0.39, 0.29) is 17.9 Å². The number of anilines is 1. The molecule has 1 atom stereocenters. The van der Waals surface area contributed by atoms with E-state index in [1.807, 2.05) is 59.5 Å². The first kappa shape index (κ1) is 20.6. The third kappa shape index (κ3) is 5.95. The topological polar surface area (TPSA) is 58.6 Å². The maximum absolute atomic E-state index is 13.0. The normalized spacial score (nSPS) is 14.4. The van der Waals surface area contributed by atoms with Gasteiger partial charge in [0.25, 0.3) is 0 Å². The predicted molar refractivity (Wildman–Crippen MR) is 116 cm³/mol. The molecule has 1 unspecified atom stereocenters. The Bertz CT molecular complexity index is 868. The Labute approximate surface area is 172 Å². The molecule has 1 aliphatic carbocycles. The molecule has 0 heterocycles. The van der Waals surface area contributed by atoms with E-state index in [0.717, 1.165) is 22.6 Å². The lowest BCUT2D eigenvalue weighted by Crippen LogP contribution is -2.38. The molecule has 0 radical (unpaired) electrons. The second-order valence-electron chi connectivity index (χ2n) is 7.53. The van der Waals surface area contributed by atoms with Crippen LogP contribution in [0.4, 0.5) is 5.69 Å². The summed E-state index contributed by atoms with van der Waals surface area (Å²) in [4.78, 5) is 26.0. The van der Waals surface area contributed by atoms with E-state index in [1.54, 1.807) is 13.2 Å². The molecule has 1 saturated carbocycles. The van der Waals surface area contributed by atoms with Crippen molar-refractivity contribution in [1.29, 1.82) is 0 Å². The van der Waals surface area contributed by atoms with Gasteiger partial charge in [-0.15, -0.1) is 0 Å². The van der Waals surface area contributed by atoms with Gasteiger partial charge in [-0.2, -0.15) is 0 Å². The van der Waals surface area contributed by atoms with Crippen molar-refractivity contribution in [1.82, 2.24) is 4.90 Å². The molecular formula is C24H28N2O3. The van der Waals surface area contributed by atoms with Crippen LogP contribution in [0.25, 0.3) is 6.08 Å². The van der Waals surface area contributed by atoms with Crippen LogP contribution >= 0.6 is 0 Å². The van der Waals surface area contributed by atoms with Crippen molar-refractivity contribution in [2.45, 2.75) is 39.3 Å². The Kier molecular flexibility index (Phi) is 6.70. The molecular weight excluding hydrogens is 364 g/mol. The molecule has 0 spiro atoms. The molecule has 5 heteroatoms. The standard InChI is InChI=1S/C24H28N2O3/c1-17(21-9-10-21)26(16-20-6-13-23(29-3)14-7-20)24(28)15-8-19-4-11-22(12-5-19)25-18(2)27/h4-8,11-15,17,21H,9-10,16H2,1-3H3,(H,25,27)/b15-8+. The molecule has 0 bridgehead atoms. The maximum Gasteiger partial charge on any atom is 0.247 e. The minimum atomic E-state index is -0.105. The van der Waals surface area contributed by atoms with Crippen molar-refractivity contribution in [3.8, 4) is 5.75 Å². The van der Waals surface area contributed by atoms with Crippen LogP contribution < -0.4 is 10.1 Å². The van der Waals surface area contributed by atoms with E-state index >= 15 is 0 Å². The SMILES string of the molecule is COc1ccc(CN(C(=O)/C=C/c2ccc(NC(C)=O)cc2)C(C)C2CC2)cc1. The van der Waals surface area contributed by atoms with E-state index in [0.29, 0.717) is 12.5 Å². The number of methoxy groups -OCH3 is 1. The summed E-state index contributed by atoms with van der Waals surface area (Å²) in [6.07, 6.45) is 5.82. The van der Waals surface area contributed by atoms with E-state index < -0.39 is 0 Å². The summed E-state index contributed by atoms with van der Waals surface area (Å²) in [7, 11) is 1.65. The van der Waals surface area contributed by atoms with Crippen molar-refractivity contribution in [2.75, 3.05) is 12.4 Å². The average Bonchev–Trinajstić information content (AvgIpc) is 3.56. The summed E-state index contributed by atoms with van der Waals surface area (Å²) in [5.74, 6) is 1.30. The highest BCUT2D eigenvalue weighted by Gasteiger charge is 2.33. The van der Waals surface area contributed by atoms with E-state index in [1.165, 1.54) is 19.8 Å². The Morgan fingerprint density at radius 2 is 1.79 bits per heavy atom. The number of benzene rings is 2. The molecule has 29 heavy (non-hydrogen) atoms. The first-order valence-corrected chi connectivity index (χ1v) is 9.95. The van der Waals surface area contributed by atoms with Gasteiger partial charge in [-0.3, -0.25) is 9.59 Å². The summed E-state index contributed by atoms with van der Waals surface area (Å²) in [6.45, 7) is 4.19. The number of rotatable bonds is 8. The molecule has 5 nitrogen and oxygen atoms in total. The minimum absolute atomic E-state index is 0.00570. The fourth-order valence-corrected chi connectivity index (χ4v) is 3.33. The van der Waals surface area contributed by atoms with Gasteiger partial charge in [0.05, 0.1) is 7.11 Å². The summed E-state index contributed by atoms with van der Waals surface area (Å²) >= 11 is 0. The zero-order valence-corrected chi connectivity index (χ0v) is 17.2. The minimum Gasteiger partial charge on any atom is -0.497 e. The lowest BCUT2D eigenvalue weighted by Gasteiger charge is -2.28. The van der Waals surface area contributed by atoms with E-state index in [9.17, 15) is 9.59 Å². The van der Waals surface area contributed by atoms with Gasteiger partial charge in [0, 0.05) is 31.3 Å². The second-order valence-corrected chi connectivity index (χ2v) is 7.53. The molecule has 152 valence electrons. The highest BCUT2D eigenvalue weighted by atomic mass is 16.5. The Morgan fingerprint density at radius 1 is 1.14 bits per heavy atom. The van der Waals surface area contributed by atoms with Crippen LogP contribution in [0, 0.1) is 5.92 Å². The van der Waals surface area contributed by atoms with Crippen molar-refractivity contribution in [3.05, 3.63) is 65.7 Å². The van der Waals surface area contributed by atoms with Crippen molar-refractivity contribution >= 4 is 23.6 Å². The van der Waals surface area contributed by atoms with E-state index in [4.69, 9.17) is 4.74 Å². The maximum atomic E-state index is 13.0. The van der Waals surface area contributed by atoms with Gasteiger partial charge in [-0.1, -0.05) is 24.3 Å². The van der Waals surface area contributed by atoms with Crippen molar-refractivity contribution in [2.24, 2.45) is 5.92 Å². The molecule has 1 N–H and O–H groups in total. The van der Waals surface area contributed by atoms with Crippen LogP contribution in [0.5, 0.6) is 5.75 Å². The predicted octanol–water partition coefficient (Wildman–Crippen LogP) is 4.49. The molecule has 0 aromatic heterocycles. The largest absolute Gasteiger partial charge is 0.497 e. The first-order valence-electron chi connectivity index (χ1n) is 9.95. The fourth-order valence-electron chi connectivity index (χ4n) is 3.33. The van der Waals surface area contributed by atoms with Crippen LogP contribution in [-0.4, -0.2) is 29.9 Å². The van der Waals surface area contributed by atoms with Gasteiger partial charge in [-0.05, 0) is 67.2 Å². The molecule has 3 rings (SSSR count). The monoisotopic (exact) mass is 392 g/mol. The lowest BCUT2D eigenvalue weighted by molar-refractivity contribution is -0.129. The quantitative estimate of drug-likeness (QED) is 0.673. The summed E-state index contributed by atoms with van der Waals surface area (Å²) in [6, 6.07) is 15.5. The van der Waals surface area contributed by atoms with Crippen LogP contribution in [0.3, 0.4) is 0 Å². The number of hydrogen-bond acceptors (Lipinski definition) is 3. The van der Waals surface area contributed by atoms with Crippen LogP contribution in [-0.2, 0) is 16.1 Å². The zero-order chi connectivity index (χ0) is 20.8. The Balaban J connectivity index is 1.70. The molecule has 0 aliphatic heterocycles. The highest BCUT2D eigenvalue weighted by molar-refractivity contribution is 5.92. The van der Waals surface area contributed by atoms with E-state index in [2.05, 4.69) is 12.2 Å². The third-order valence-corrected chi connectivity index (χ3v) is 5.24. The van der Waals surface area contributed by atoms with Gasteiger partial charge >= 0.3 is 0 Å². The number of nitrogens with one attached hydrogen (secondary N) is 1. The number of amides is 2. The summed E-state index contributed by atoms with van der Waals surface area (Å²) < 4.78 is 5.22. The average molecular weight is 392 g/mol. The molecule has 2 aromatic carbocycles. The molecule has 1 aliphatic rings. The van der Waals surface area contributed by atoms with Gasteiger partial charge in [0.1, 0.15) is 5.75 Å². The van der Waals surface area contributed by atoms with Gasteiger partial charge in [0.15, 0.2) is 0 Å². The number of ether oxygens (including phenoxy) is 1. The highest BCUT2D eigenvalue weighted by Crippen LogP contribution is 2.36. The summed E-state index contributed by atoms with van der Waals surface area (Å²) in [5, 5.41) is 2.74. The van der Waals surface area contributed by atoms with Crippen LogP contribution in [0.15, 0.2) is 54.6 Å². The Hall–Kier alpha value is -3.08. The Morgan fingerprint density at radius 3 is 2.34 bits per heavy atom. The number of carbonyl (C=O) groups excluding carboxylic acids is 2. The second kappa shape index (κ2) is 9.41. The molecule has 1 fully saturated rings. The van der Waals surface area contributed by atoms with Crippen LogP contribution in [0.2, 0.25) is 0 Å². The number of hydrogen-bond donors (Lipinski definition) is 1. The molecule has 0 saturated heterocycles. The lowest BCUT2D eigenvalue weighted by atomic mass is 10.1. The number of carbonyl (C=O) groups is 2. The van der Waals surface area contributed by atoms with Gasteiger partial charge in [-0.25, -0.2) is 0 Å². The zero-order valence-electron chi connectivity index (χ0n) is 17.2. The van der Waals surface area contributed by atoms with Gasteiger partial charge < -0.3 is 15.0 Å².